The summed E-state index contributed by atoms with van der Waals surface area (Å²) in [5.41, 5.74) is 0.857. The van der Waals surface area contributed by atoms with E-state index in [4.69, 9.17) is 0 Å². The Labute approximate surface area is 98.3 Å². The molecule has 0 aliphatic carbocycles. The fourth-order valence-electron chi connectivity index (χ4n) is 2.26. The molecule has 0 heterocycles. The van der Waals surface area contributed by atoms with Gasteiger partial charge in [0.05, 0.1) is 0 Å². The Hall–Kier alpha value is -1.31. The maximum absolute atomic E-state index is 11.8. The molecule has 0 aromatic heterocycles. The first-order valence-electron chi connectivity index (χ1n) is 5.85. The maximum Gasteiger partial charge on any atom is 0.224 e. The zero-order chi connectivity index (χ0) is 12.2. The molecular weight excluding hydrogens is 198 g/mol. The van der Waals surface area contributed by atoms with Crippen molar-refractivity contribution in [2.45, 2.75) is 46.1 Å². The van der Waals surface area contributed by atoms with Gasteiger partial charge in [-0.3, -0.25) is 4.79 Å². The van der Waals surface area contributed by atoms with E-state index in [-0.39, 0.29) is 11.4 Å². The fraction of sp³-hybridized carbons (Fsp3) is 0.500. The molecule has 2 nitrogen and oxygen atoms in total. The molecule has 0 spiro atoms. The van der Waals surface area contributed by atoms with Crippen LogP contribution < -0.4 is 4.90 Å². The summed E-state index contributed by atoms with van der Waals surface area (Å²) in [6, 6.07) is 9.87. The van der Waals surface area contributed by atoms with Crippen molar-refractivity contribution in [2.24, 2.45) is 0 Å². The van der Waals surface area contributed by atoms with Crippen molar-refractivity contribution in [3.8, 4) is 0 Å². The molecule has 0 radical (unpaired) electrons. The van der Waals surface area contributed by atoms with E-state index in [9.17, 15) is 4.79 Å². The molecule has 0 saturated carbocycles. The van der Waals surface area contributed by atoms with E-state index < -0.39 is 0 Å². The highest BCUT2D eigenvalue weighted by molar-refractivity contribution is 5.92. The number of hydrogen-bond acceptors (Lipinski definition) is 1. The second-order valence-corrected chi connectivity index (χ2v) is 4.75. The van der Waals surface area contributed by atoms with Crippen LogP contribution >= 0.6 is 0 Å². The van der Waals surface area contributed by atoms with Crippen molar-refractivity contribution in [1.29, 1.82) is 0 Å². The van der Waals surface area contributed by atoms with Gasteiger partial charge in [0.15, 0.2) is 0 Å². The number of carbonyl (C=O) groups excluding carboxylic acids is 1. The predicted molar refractivity (Wildman–Crippen MR) is 68.6 cm³/mol. The number of hydrogen-bond donors (Lipinski definition) is 0. The quantitative estimate of drug-likeness (QED) is 0.757. The van der Waals surface area contributed by atoms with E-state index in [2.05, 4.69) is 20.8 Å². The first kappa shape index (κ1) is 12.8. The number of anilines is 1. The van der Waals surface area contributed by atoms with Gasteiger partial charge in [0.25, 0.3) is 0 Å². The molecular formula is C14H21NO. The van der Waals surface area contributed by atoms with Gasteiger partial charge >= 0.3 is 0 Å². The second-order valence-electron chi connectivity index (χ2n) is 4.75. The molecule has 0 bridgehead atoms. The van der Waals surface area contributed by atoms with Crippen molar-refractivity contribution in [2.75, 3.05) is 4.90 Å². The molecule has 1 aromatic rings. The Kier molecular flexibility index (Phi) is 4.11. The van der Waals surface area contributed by atoms with Gasteiger partial charge in [-0.15, -0.1) is 0 Å². The second kappa shape index (κ2) is 5.15. The normalized spacial score (nSPS) is 11.2. The van der Waals surface area contributed by atoms with Gasteiger partial charge in [-0.1, -0.05) is 31.5 Å². The molecule has 16 heavy (non-hydrogen) atoms. The standard InChI is InChI=1S/C14H21NO/c1-5-11-14(3,4)15(12(2)16)13-9-7-6-8-10-13/h6-10H,5,11H2,1-4H3. The Morgan fingerprint density at radius 2 is 1.81 bits per heavy atom. The third-order valence-electron chi connectivity index (χ3n) is 2.80. The van der Waals surface area contributed by atoms with E-state index in [0.717, 1.165) is 18.5 Å². The van der Waals surface area contributed by atoms with Gasteiger partial charge in [-0.25, -0.2) is 0 Å². The van der Waals surface area contributed by atoms with Gasteiger partial charge in [-0.05, 0) is 32.4 Å². The summed E-state index contributed by atoms with van der Waals surface area (Å²) >= 11 is 0. The average Bonchev–Trinajstić information content (AvgIpc) is 2.17. The summed E-state index contributed by atoms with van der Waals surface area (Å²) in [7, 11) is 0. The number of para-hydroxylation sites is 1. The first-order valence-corrected chi connectivity index (χ1v) is 5.85. The first-order chi connectivity index (χ1) is 7.49. The van der Waals surface area contributed by atoms with Gasteiger partial charge in [0, 0.05) is 18.2 Å². The average molecular weight is 219 g/mol. The number of nitrogens with zero attached hydrogens (tertiary/aromatic N) is 1. The van der Waals surface area contributed by atoms with Crippen molar-refractivity contribution in [3.05, 3.63) is 30.3 Å². The Morgan fingerprint density at radius 3 is 2.25 bits per heavy atom. The highest BCUT2D eigenvalue weighted by Crippen LogP contribution is 2.27. The van der Waals surface area contributed by atoms with Crippen molar-refractivity contribution >= 4 is 11.6 Å². The summed E-state index contributed by atoms with van der Waals surface area (Å²) in [4.78, 5) is 13.7. The molecule has 88 valence electrons. The minimum Gasteiger partial charge on any atom is -0.307 e. The van der Waals surface area contributed by atoms with Crippen LogP contribution in [0.15, 0.2) is 30.3 Å². The van der Waals surface area contributed by atoms with Crippen LogP contribution in [0.2, 0.25) is 0 Å². The maximum atomic E-state index is 11.8. The van der Waals surface area contributed by atoms with Gasteiger partial charge in [-0.2, -0.15) is 0 Å². The summed E-state index contributed by atoms with van der Waals surface area (Å²) in [6.07, 6.45) is 2.07. The smallest absolute Gasteiger partial charge is 0.224 e. The van der Waals surface area contributed by atoms with E-state index in [1.807, 2.05) is 35.2 Å². The largest absolute Gasteiger partial charge is 0.307 e. The molecule has 0 fully saturated rings. The van der Waals surface area contributed by atoms with Gasteiger partial charge in [0.2, 0.25) is 5.91 Å². The van der Waals surface area contributed by atoms with Crippen LogP contribution in [0.5, 0.6) is 0 Å². The van der Waals surface area contributed by atoms with Crippen molar-refractivity contribution in [1.82, 2.24) is 0 Å². The zero-order valence-electron chi connectivity index (χ0n) is 10.7. The third-order valence-corrected chi connectivity index (χ3v) is 2.80. The Bertz CT molecular complexity index is 343. The summed E-state index contributed by atoms with van der Waals surface area (Å²) in [5, 5.41) is 0. The number of carbonyl (C=O) groups is 1. The van der Waals surface area contributed by atoms with Gasteiger partial charge in [0.1, 0.15) is 0 Å². The monoisotopic (exact) mass is 219 g/mol. The van der Waals surface area contributed by atoms with Crippen molar-refractivity contribution < 1.29 is 4.79 Å². The SMILES string of the molecule is CCCC(C)(C)N(C(C)=O)c1ccccc1. The fourth-order valence-corrected chi connectivity index (χ4v) is 2.26. The lowest BCUT2D eigenvalue weighted by atomic mass is 9.95. The molecule has 0 unspecified atom stereocenters. The lowest BCUT2D eigenvalue weighted by Gasteiger charge is -2.38. The van der Waals surface area contributed by atoms with Crippen LogP contribution in [0.4, 0.5) is 5.69 Å². The Balaban J connectivity index is 3.05. The zero-order valence-corrected chi connectivity index (χ0v) is 10.7. The van der Waals surface area contributed by atoms with Crippen LogP contribution in [0.1, 0.15) is 40.5 Å². The van der Waals surface area contributed by atoms with E-state index in [1.165, 1.54) is 0 Å². The van der Waals surface area contributed by atoms with E-state index in [1.54, 1.807) is 6.92 Å². The van der Waals surface area contributed by atoms with Crippen LogP contribution in [-0.4, -0.2) is 11.4 Å². The number of amides is 1. The minimum absolute atomic E-state index is 0.102. The Morgan fingerprint density at radius 1 is 1.25 bits per heavy atom. The van der Waals surface area contributed by atoms with Crippen molar-refractivity contribution in [3.63, 3.8) is 0 Å². The lowest BCUT2D eigenvalue weighted by molar-refractivity contribution is -0.117. The highest BCUT2D eigenvalue weighted by Gasteiger charge is 2.28. The summed E-state index contributed by atoms with van der Waals surface area (Å²) in [6.45, 7) is 8.01. The third kappa shape index (κ3) is 2.84. The molecule has 1 aromatic carbocycles. The number of benzene rings is 1. The van der Waals surface area contributed by atoms with E-state index >= 15 is 0 Å². The van der Waals surface area contributed by atoms with Crippen LogP contribution in [0.25, 0.3) is 0 Å². The molecule has 0 N–H and O–H groups in total. The molecule has 0 atom stereocenters. The molecule has 0 aliphatic heterocycles. The van der Waals surface area contributed by atoms with Crippen LogP contribution in [0.3, 0.4) is 0 Å². The summed E-state index contributed by atoms with van der Waals surface area (Å²) in [5.74, 6) is 0.102. The predicted octanol–water partition coefficient (Wildman–Crippen LogP) is 3.62. The molecule has 1 amide bonds. The minimum atomic E-state index is -0.123. The topological polar surface area (TPSA) is 20.3 Å². The lowest BCUT2D eigenvalue weighted by Crippen LogP contribution is -2.47. The summed E-state index contributed by atoms with van der Waals surface area (Å²) < 4.78 is 0. The molecule has 0 saturated heterocycles. The highest BCUT2D eigenvalue weighted by atomic mass is 16.2. The molecule has 0 aliphatic rings. The number of rotatable bonds is 4. The van der Waals surface area contributed by atoms with Gasteiger partial charge < -0.3 is 4.90 Å². The molecule has 1 rings (SSSR count). The van der Waals surface area contributed by atoms with E-state index in [0.29, 0.717) is 0 Å². The van der Waals surface area contributed by atoms with Crippen LogP contribution in [-0.2, 0) is 4.79 Å². The molecule has 2 heteroatoms. The van der Waals surface area contributed by atoms with Crippen LogP contribution in [0, 0.1) is 0 Å².